The van der Waals surface area contributed by atoms with Gasteiger partial charge in [-0.1, -0.05) is 0 Å². The second kappa shape index (κ2) is 3.24. The number of hydrazine groups is 1. The third-order valence-corrected chi connectivity index (χ3v) is 3.45. The van der Waals surface area contributed by atoms with Crippen molar-refractivity contribution in [2.75, 3.05) is 13.6 Å². The van der Waals surface area contributed by atoms with Gasteiger partial charge in [-0.3, -0.25) is 0 Å². The zero-order valence-corrected chi connectivity index (χ0v) is 10.1. The third-order valence-electron chi connectivity index (χ3n) is 3.45. The maximum absolute atomic E-state index is 5.94. The first-order valence-electron chi connectivity index (χ1n) is 5.34. The van der Waals surface area contributed by atoms with E-state index >= 15 is 0 Å². The molecule has 0 radical (unpaired) electrons. The van der Waals surface area contributed by atoms with Crippen molar-refractivity contribution in [2.24, 2.45) is 0 Å². The second-order valence-corrected chi connectivity index (χ2v) is 5.24. The molecule has 5 heteroatoms. The van der Waals surface area contributed by atoms with Crippen molar-refractivity contribution in [3.05, 3.63) is 11.7 Å². The summed E-state index contributed by atoms with van der Waals surface area (Å²) in [5.74, 6) is 0. The predicted molar refractivity (Wildman–Crippen MR) is 59.9 cm³/mol. The molecule has 0 aromatic carbocycles. The van der Waals surface area contributed by atoms with Crippen molar-refractivity contribution >= 4 is 7.12 Å². The molecule has 0 aromatic rings. The fourth-order valence-corrected chi connectivity index (χ4v) is 1.69. The van der Waals surface area contributed by atoms with E-state index < -0.39 is 0 Å². The monoisotopic (exact) mass is 210 g/mol. The van der Waals surface area contributed by atoms with Gasteiger partial charge in [-0.2, -0.15) is 0 Å². The van der Waals surface area contributed by atoms with E-state index in [2.05, 4.69) is 33.1 Å². The van der Waals surface area contributed by atoms with Crippen LogP contribution in [0.25, 0.3) is 0 Å². The lowest BCUT2D eigenvalue weighted by Gasteiger charge is -2.32. The van der Waals surface area contributed by atoms with E-state index in [1.54, 1.807) is 0 Å². The van der Waals surface area contributed by atoms with E-state index in [1.165, 1.54) is 0 Å². The van der Waals surface area contributed by atoms with Gasteiger partial charge < -0.3 is 14.3 Å². The Kier molecular flexibility index (Phi) is 2.37. The van der Waals surface area contributed by atoms with Gasteiger partial charge in [-0.05, 0) is 33.2 Å². The quantitative estimate of drug-likeness (QED) is 0.653. The molecule has 0 aromatic heterocycles. The van der Waals surface area contributed by atoms with Gasteiger partial charge in [0.05, 0.1) is 11.2 Å². The molecule has 0 amide bonds. The summed E-state index contributed by atoms with van der Waals surface area (Å²) in [6.07, 6.45) is 2.03. The molecule has 15 heavy (non-hydrogen) atoms. The lowest BCUT2D eigenvalue weighted by Crippen LogP contribution is -2.41. The molecule has 1 fully saturated rings. The zero-order valence-electron chi connectivity index (χ0n) is 10.1. The minimum Gasteiger partial charge on any atom is -0.399 e. The van der Waals surface area contributed by atoms with E-state index in [0.717, 1.165) is 12.0 Å². The highest BCUT2D eigenvalue weighted by Gasteiger charge is 2.52. The smallest absolute Gasteiger partial charge is 0.399 e. The predicted octanol–water partition coefficient (Wildman–Crippen LogP) is 0.952. The second-order valence-electron chi connectivity index (χ2n) is 5.24. The van der Waals surface area contributed by atoms with Crippen molar-refractivity contribution in [1.82, 2.24) is 10.4 Å². The zero-order chi connectivity index (χ0) is 11.3. The first-order chi connectivity index (χ1) is 6.82. The Bertz CT molecular complexity index is 286. The van der Waals surface area contributed by atoms with Crippen molar-refractivity contribution in [3.63, 3.8) is 0 Å². The Labute approximate surface area is 91.7 Å². The maximum atomic E-state index is 5.94. The Morgan fingerprint density at radius 1 is 1.27 bits per heavy atom. The molecule has 4 nitrogen and oxygen atoms in total. The van der Waals surface area contributed by atoms with Crippen molar-refractivity contribution in [2.45, 2.75) is 38.9 Å². The summed E-state index contributed by atoms with van der Waals surface area (Å²) in [6, 6.07) is 0. The van der Waals surface area contributed by atoms with Gasteiger partial charge in [0.25, 0.3) is 0 Å². The standard InChI is InChI=1S/C10H19BN2O2/c1-9(2)10(3,4)15-11(14-9)8-6-12-13(5)7-8/h7,12H,6H2,1-5H3. The summed E-state index contributed by atoms with van der Waals surface area (Å²) in [4.78, 5) is 0. The van der Waals surface area contributed by atoms with Crippen LogP contribution < -0.4 is 5.43 Å². The minimum absolute atomic E-state index is 0.215. The van der Waals surface area contributed by atoms with Gasteiger partial charge in [0.2, 0.25) is 0 Å². The van der Waals surface area contributed by atoms with Crippen LogP contribution in [-0.2, 0) is 9.31 Å². The Morgan fingerprint density at radius 3 is 2.20 bits per heavy atom. The van der Waals surface area contributed by atoms with E-state index in [4.69, 9.17) is 9.31 Å². The highest BCUT2D eigenvalue weighted by Crippen LogP contribution is 2.38. The average molecular weight is 210 g/mol. The molecule has 2 aliphatic rings. The van der Waals surface area contributed by atoms with E-state index in [0.29, 0.717) is 0 Å². The number of nitrogens with one attached hydrogen (secondary N) is 1. The lowest BCUT2D eigenvalue weighted by molar-refractivity contribution is 0.00578. The summed E-state index contributed by atoms with van der Waals surface area (Å²) in [5.41, 5.74) is 3.83. The number of hydrogen-bond donors (Lipinski definition) is 1. The van der Waals surface area contributed by atoms with Crippen LogP contribution in [-0.4, -0.2) is 36.9 Å². The molecule has 0 saturated carbocycles. The molecule has 1 N–H and O–H groups in total. The first-order valence-corrected chi connectivity index (χ1v) is 5.34. The topological polar surface area (TPSA) is 33.7 Å². The molecule has 2 rings (SSSR count). The number of hydrogen-bond acceptors (Lipinski definition) is 4. The highest BCUT2D eigenvalue weighted by molar-refractivity contribution is 6.54. The van der Waals surface area contributed by atoms with Gasteiger partial charge >= 0.3 is 7.12 Å². The SMILES string of the molecule is CN1C=C(B2OC(C)(C)C(C)(C)O2)CN1. The first kappa shape index (κ1) is 11.0. The van der Waals surface area contributed by atoms with Gasteiger partial charge in [0.1, 0.15) is 0 Å². The van der Waals surface area contributed by atoms with Crippen molar-refractivity contribution < 1.29 is 9.31 Å². The van der Waals surface area contributed by atoms with Gasteiger partial charge in [-0.15, -0.1) is 0 Å². The van der Waals surface area contributed by atoms with E-state index in [9.17, 15) is 0 Å². The largest absolute Gasteiger partial charge is 0.493 e. The molecule has 0 unspecified atom stereocenters. The Morgan fingerprint density at radius 2 is 1.80 bits per heavy atom. The fourth-order valence-electron chi connectivity index (χ4n) is 1.69. The van der Waals surface area contributed by atoms with Crippen LogP contribution in [0.4, 0.5) is 0 Å². The third kappa shape index (κ3) is 1.79. The van der Waals surface area contributed by atoms with Crippen molar-refractivity contribution in [3.8, 4) is 0 Å². The van der Waals surface area contributed by atoms with E-state index in [-0.39, 0.29) is 18.3 Å². The molecule has 0 bridgehead atoms. The molecule has 0 atom stereocenters. The maximum Gasteiger partial charge on any atom is 0.493 e. The molecule has 1 saturated heterocycles. The van der Waals surface area contributed by atoms with Gasteiger partial charge in [0.15, 0.2) is 0 Å². The molecule has 84 valence electrons. The number of nitrogens with zero attached hydrogens (tertiary/aromatic N) is 1. The molecular weight excluding hydrogens is 191 g/mol. The van der Waals surface area contributed by atoms with Crippen LogP contribution in [0.3, 0.4) is 0 Å². The number of rotatable bonds is 1. The van der Waals surface area contributed by atoms with Gasteiger partial charge in [0, 0.05) is 19.8 Å². The molecule has 2 aliphatic heterocycles. The normalized spacial score (nSPS) is 28.5. The van der Waals surface area contributed by atoms with Crippen LogP contribution in [0.15, 0.2) is 11.7 Å². The minimum atomic E-state index is -0.250. The van der Waals surface area contributed by atoms with Crippen LogP contribution in [0, 0.1) is 0 Å². The van der Waals surface area contributed by atoms with Gasteiger partial charge in [-0.25, -0.2) is 5.43 Å². The summed E-state index contributed by atoms with van der Waals surface area (Å²) in [6.45, 7) is 9.08. The van der Waals surface area contributed by atoms with Crippen LogP contribution in [0.2, 0.25) is 0 Å². The fraction of sp³-hybridized carbons (Fsp3) is 0.800. The van der Waals surface area contributed by atoms with Crippen LogP contribution in [0.5, 0.6) is 0 Å². The summed E-state index contributed by atoms with van der Waals surface area (Å²) >= 11 is 0. The lowest BCUT2D eigenvalue weighted by atomic mass is 9.79. The molecule has 0 spiro atoms. The summed E-state index contributed by atoms with van der Waals surface area (Å²) in [5, 5.41) is 1.93. The highest BCUT2D eigenvalue weighted by atomic mass is 16.7. The average Bonchev–Trinajstić information content (AvgIpc) is 2.56. The summed E-state index contributed by atoms with van der Waals surface area (Å²) in [7, 11) is 1.76. The Hall–Kier alpha value is -0.515. The summed E-state index contributed by atoms with van der Waals surface area (Å²) < 4.78 is 11.9. The van der Waals surface area contributed by atoms with Crippen LogP contribution in [0.1, 0.15) is 27.7 Å². The molecule has 0 aliphatic carbocycles. The van der Waals surface area contributed by atoms with Crippen molar-refractivity contribution in [1.29, 1.82) is 0 Å². The Balaban J connectivity index is 2.13. The molecule has 2 heterocycles. The molecular formula is C10H19BN2O2. The van der Waals surface area contributed by atoms with E-state index in [1.807, 2.05) is 18.3 Å². The van der Waals surface area contributed by atoms with Crippen LogP contribution >= 0.6 is 0 Å².